The van der Waals surface area contributed by atoms with E-state index >= 15 is 0 Å². The Morgan fingerprint density at radius 1 is 1.46 bits per heavy atom. The first-order valence-electron chi connectivity index (χ1n) is 3.82. The molecule has 0 saturated carbocycles. The molecule has 1 atom stereocenters. The second-order valence-corrected chi connectivity index (χ2v) is 4.97. The van der Waals surface area contributed by atoms with Gasteiger partial charge in [0.05, 0.1) is 12.1 Å². The molecule has 4 heteroatoms. The predicted octanol–water partition coefficient (Wildman–Crippen LogP) is 2.38. The van der Waals surface area contributed by atoms with E-state index in [9.17, 15) is 0 Å². The van der Waals surface area contributed by atoms with E-state index in [1.54, 1.807) is 6.92 Å². The van der Waals surface area contributed by atoms with Gasteiger partial charge in [0.25, 0.3) is 0 Å². The maximum absolute atomic E-state index is 9.08. The highest BCUT2D eigenvalue weighted by Crippen LogP contribution is 2.28. The molecule has 0 saturated heterocycles. The molecule has 0 aromatic heterocycles. The van der Waals surface area contributed by atoms with E-state index in [1.165, 1.54) is 0 Å². The first-order valence-corrected chi connectivity index (χ1v) is 5.41. The molecule has 0 heterocycles. The van der Waals surface area contributed by atoms with E-state index in [0.29, 0.717) is 0 Å². The number of hydrogen-bond donors (Lipinski definition) is 2. The first-order chi connectivity index (χ1) is 5.97. The molecule has 1 rings (SSSR count). The van der Waals surface area contributed by atoms with Gasteiger partial charge in [0.2, 0.25) is 0 Å². The Balaban J connectivity index is 3.16. The lowest BCUT2D eigenvalue weighted by molar-refractivity contribution is 0.209. The zero-order chi connectivity index (χ0) is 10.1. The second-order valence-electron chi connectivity index (χ2n) is 3.20. The zero-order valence-corrected chi connectivity index (χ0v) is 10.4. The fourth-order valence-corrected chi connectivity index (χ4v) is 2.54. The lowest BCUT2D eigenvalue weighted by Gasteiger charge is -2.23. The van der Waals surface area contributed by atoms with Crippen molar-refractivity contribution in [1.29, 1.82) is 0 Å². The van der Waals surface area contributed by atoms with Gasteiger partial charge < -0.3 is 10.8 Å². The van der Waals surface area contributed by atoms with E-state index in [4.69, 9.17) is 10.8 Å². The molecule has 0 unspecified atom stereocenters. The molecule has 1 aromatic rings. The summed E-state index contributed by atoms with van der Waals surface area (Å²) in [4.78, 5) is 0. The van der Waals surface area contributed by atoms with E-state index in [1.807, 2.05) is 18.2 Å². The van der Waals surface area contributed by atoms with E-state index in [-0.39, 0.29) is 6.61 Å². The highest BCUT2D eigenvalue weighted by Gasteiger charge is 2.22. The number of aliphatic hydroxyl groups excluding tert-OH is 1. The van der Waals surface area contributed by atoms with Gasteiger partial charge in [0.1, 0.15) is 0 Å². The van der Waals surface area contributed by atoms with Crippen molar-refractivity contribution in [3.63, 3.8) is 0 Å². The van der Waals surface area contributed by atoms with E-state index < -0.39 is 5.54 Å². The third kappa shape index (κ3) is 2.53. The molecular formula is C9H11Br2NO. The van der Waals surface area contributed by atoms with Crippen LogP contribution in [0.1, 0.15) is 12.5 Å². The minimum Gasteiger partial charge on any atom is -0.394 e. The van der Waals surface area contributed by atoms with Gasteiger partial charge in [-0.1, -0.05) is 37.9 Å². The van der Waals surface area contributed by atoms with Crippen LogP contribution in [0.2, 0.25) is 0 Å². The standard InChI is InChI=1S/C9H11Br2NO/c1-9(12,5-13)7-3-2-6(10)4-8(7)11/h2-4,13H,5,12H2,1H3/t9-/m1/s1. The molecule has 0 aliphatic heterocycles. The Morgan fingerprint density at radius 3 is 2.54 bits per heavy atom. The summed E-state index contributed by atoms with van der Waals surface area (Å²) >= 11 is 6.75. The van der Waals surface area contributed by atoms with Crippen LogP contribution >= 0.6 is 31.9 Å². The molecule has 3 N–H and O–H groups in total. The Kier molecular flexibility index (Phi) is 3.51. The van der Waals surface area contributed by atoms with Crippen molar-refractivity contribution >= 4 is 31.9 Å². The average molecular weight is 309 g/mol. The Labute approximate surface area is 94.4 Å². The number of halogens is 2. The zero-order valence-electron chi connectivity index (χ0n) is 7.22. The topological polar surface area (TPSA) is 46.2 Å². The number of aliphatic hydroxyl groups is 1. The van der Waals surface area contributed by atoms with Crippen LogP contribution in [0.3, 0.4) is 0 Å². The van der Waals surface area contributed by atoms with Crippen molar-refractivity contribution in [3.8, 4) is 0 Å². The molecular weight excluding hydrogens is 298 g/mol. The van der Waals surface area contributed by atoms with Gasteiger partial charge in [0.15, 0.2) is 0 Å². The Bertz CT molecular complexity index is 312. The van der Waals surface area contributed by atoms with Gasteiger partial charge >= 0.3 is 0 Å². The first kappa shape index (κ1) is 11.2. The van der Waals surface area contributed by atoms with Crippen molar-refractivity contribution in [3.05, 3.63) is 32.7 Å². The molecule has 0 fully saturated rings. The normalized spacial score (nSPS) is 15.5. The summed E-state index contributed by atoms with van der Waals surface area (Å²) in [5.74, 6) is 0. The highest BCUT2D eigenvalue weighted by molar-refractivity contribution is 9.11. The second kappa shape index (κ2) is 4.09. The van der Waals surface area contributed by atoms with Crippen molar-refractivity contribution in [1.82, 2.24) is 0 Å². The molecule has 0 spiro atoms. The van der Waals surface area contributed by atoms with Crippen molar-refractivity contribution in [2.24, 2.45) is 5.73 Å². The van der Waals surface area contributed by atoms with Crippen LogP contribution in [-0.2, 0) is 5.54 Å². The van der Waals surface area contributed by atoms with Crippen LogP contribution in [0, 0.1) is 0 Å². The molecule has 0 aliphatic carbocycles. The summed E-state index contributed by atoms with van der Waals surface area (Å²) in [6.45, 7) is 1.72. The van der Waals surface area contributed by atoms with Crippen molar-refractivity contribution in [2.75, 3.05) is 6.61 Å². The molecule has 13 heavy (non-hydrogen) atoms. The summed E-state index contributed by atoms with van der Waals surface area (Å²) in [5, 5.41) is 9.08. The molecule has 0 radical (unpaired) electrons. The molecule has 72 valence electrons. The molecule has 2 nitrogen and oxygen atoms in total. The number of benzene rings is 1. The number of nitrogens with two attached hydrogens (primary N) is 1. The predicted molar refractivity (Wildman–Crippen MR) is 60.5 cm³/mol. The van der Waals surface area contributed by atoms with Crippen LogP contribution in [0.5, 0.6) is 0 Å². The van der Waals surface area contributed by atoms with Crippen LogP contribution in [-0.4, -0.2) is 11.7 Å². The largest absolute Gasteiger partial charge is 0.394 e. The summed E-state index contributed by atoms with van der Waals surface area (Å²) in [6, 6.07) is 5.71. The smallest absolute Gasteiger partial charge is 0.0650 e. The van der Waals surface area contributed by atoms with Gasteiger partial charge in [-0.3, -0.25) is 0 Å². The fraction of sp³-hybridized carbons (Fsp3) is 0.333. The maximum atomic E-state index is 9.08. The van der Waals surface area contributed by atoms with Crippen molar-refractivity contribution < 1.29 is 5.11 Å². The Morgan fingerprint density at radius 2 is 2.08 bits per heavy atom. The molecule has 1 aromatic carbocycles. The minimum atomic E-state index is -0.695. The van der Waals surface area contributed by atoms with Crippen LogP contribution < -0.4 is 5.73 Å². The van der Waals surface area contributed by atoms with Gasteiger partial charge in [-0.15, -0.1) is 0 Å². The van der Waals surface area contributed by atoms with Crippen LogP contribution in [0.15, 0.2) is 27.1 Å². The molecule has 0 amide bonds. The van der Waals surface area contributed by atoms with Crippen molar-refractivity contribution in [2.45, 2.75) is 12.5 Å². The lowest BCUT2D eigenvalue weighted by Crippen LogP contribution is -2.37. The summed E-state index contributed by atoms with van der Waals surface area (Å²) in [7, 11) is 0. The van der Waals surface area contributed by atoms with Gasteiger partial charge in [0, 0.05) is 8.95 Å². The van der Waals surface area contributed by atoms with E-state index in [0.717, 1.165) is 14.5 Å². The highest BCUT2D eigenvalue weighted by atomic mass is 79.9. The van der Waals surface area contributed by atoms with E-state index in [2.05, 4.69) is 31.9 Å². The van der Waals surface area contributed by atoms with Gasteiger partial charge in [-0.25, -0.2) is 0 Å². The van der Waals surface area contributed by atoms with Gasteiger partial charge in [-0.2, -0.15) is 0 Å². The Hall–Kier alpha value is 0.1000. The monoisotopic (exact) mass is 307 g/mol. The summed E-state index contributed by atoms with van der Waals surface area (Å²) in [5.41, 5.74) is 6.10. The number of hydrogen-bond acceptors (Lipinski definition) is 2. The average Bonchev–Trinajstić information content (AvgIpc) is 2.03. The van der Waals surface area contributed by atoms with Crippen LogP contribution in [0.25, 0.3) is 0 Å². The summed E-state index contributed by atoms with van der Waals surface area (Å²) in [6.07, 6.45) is 0. The van der Waals surface area contributed by atoms with Gasteiger partial charge in [-0.05, 0) is 24.6 Å². The quantitative estimate of drug-likeness (QED) is 0.881. The third-order valence-corrected chi connectivity index (χ3v) is 3.02. The summed E-state index contributed by atoms with van der Waals surface area (Å²) < 4.78 is 1.89. The number of rotatable bonds is 2. The molecule has 0 aliphatic rings. The fourth-order valence-electron chi connectivity index (χ4n) is 1.04. The SMILES string of the molecule is C[C@@](N)(CO)c1ccc(Br)cc1Br. The lowest BCUT2D eigenvalue weighted by atomic mass is 9.94. The minimum absolute atomic E-state index is 0.0762. The van der Waals surface area contributed by atoms with Crippen LogP contribution in [0.4, 0.5) is 0 Å². The molecule has 0 bridgehead atoms. The maximum Gasteiger partial charge on any atom is 0.0650 e. The third-order valence-electron chi connectivity index (χ3n) is 1.87.